The highest BCUT2D eigenvalue weighted by atomic mass is 19.1. The molecule has 2 heterocycles. The van der Waals surface area contributed by atoms with Gasteiger partial charge in [0.2, 0.25) is 11.7 Å². The van der Waals surface area contributed by atoms with Crippen LogP contribution in [0.15, 0.2) is 70.6 Å². The van der Waals surface area contributed by atoms with E-state index in [1.165, 1.54) is 12.1 Å². The first kappa shape index (κ1) is 19.4. The molecule has 0 spiro atoms. The summed E-state index contributed by atoms with van der Waals surface area (Å²) in [5.74, 6) is -1.14. The summed E-state index contributed by atoms with van der Waals surface area (Å²) in [4.78, 5) is 24.7. The number of nitrogens with one attached hydrogen (secondary N) is 1. The van der Waals surface area contributed by atoms with E-state index in [4.69, 9.17) is 14.0 Å². The SMILES string of the molecule is Cc1c(COC(=O)C2=C(Nc3ccccc3)OCC2=O)noc1-c1ccc(F)cc1. The number of rotatable bonds is 6. The minimum atomic E-state index is -0.818. The maximum absolute atomic E-state index is 13.1. The lowest BCUT2D eigenvalue weighted by molar-refractivity contribution is -0.141. The normalized spacial score (nSPS) is 13.3. The molecule has 7 nitrogen and oxygen atoms in total. The van der Waals surface area contributed by atoms with Crippen LogP contribution in [0.25, 0.3) is 11.3 Å². The molecule has 0 radical (unpaired) electrons. The fourth-order valence-corrected chi connectivity index (χ4v) is 2.95. The summed E-state index contributed by atoms with van der Waals surface area (Å²) in [7, 11) is 0. The number of halogens is 1. The largest absolute Gasteiger partial charge is 0.470 e. The van der Waals surface area contributed by atoms with E-state index < -0.39 is 11.8 Å². The number of carbonyl (C=O) groups is 2. The van der Waals surface area contributed by atoms with E-state index in [0.29, 0.717) is 28.3 Å². The number of carbonyl (C=O) groups excluding carboxylic acids is 2. The fourth-order valence-electron chi connectivity index (χ4n) is 2.95. The van der Waals surface area contributed by atoms with Crippen molar-refractivity contribution in [3.63, 3.8) is 0 Å². The zero-order valence-corrected chi connectivity index (χ0v) is 16.0. The minimum Gasteiger partial charge on any atom is -0.470 e. The van der Waals surface area contributed by atoms with Gasteiger partial charge in [0.25, 0.3) is 0 Å². The first-order chi connectivity index (χ1) is 14.5. The van der Waals surface area contributed by atoms with Crippen LogP contribution < -0.4 is 5.32 Å². The Morgan fingerprint density at radius 1 is 1.17 bits per heavy atom. The highest BCUT2D eigenvalue weighted by Gasteiger charge is 2.33. The summed E-state index contributed by atoms with van der Waals surface area (Å²) in [5.41, 5.74) is 2.19. The van der Waals surface area contributed by atoms with Gasteiger partial charge in [0.05, 0.1) is 0 Å². The van der Waals surface area contributed by atoms with Gasteiger partial charge in [-0.25, -0.2) is 9.18 Å². The lowest BCUT2D eigenvalue weighted by Crippen LogP contribution is -2.16. The number of para-hydroxylation sites is 1. The van der Waals surface area contributed by atoms with E-state index >= 15 is 0 Å². The quantitative estimate of drug-likeness (QED) is 0.491. The Morgan fingerprint density at radius 2 is 1.90 bits per heavy atom. The van der Waals surface area contributed by atoms with E-state index in [-0.39, 0.29) is 30.5 Å². The van der Waals surface area contributed by atoms with Crippen LogP contribution in [-0.4, -0.2) is 23.5 Å². The second kappa shape index (κ2) is 8.20. The van der Waals surface area contributed by atoms with Gasteiger partial charge in [-0.1, -0.05) is 23.4 Å². The number of aromatic nitrogens is 1. The minimum absolute atomic E-state index is 0.0556. The smallest absolute Gasteiger partial charge is 0.347 e. The molecule has 0 aliphatic carbocycles. The number of ether oxygens (including phenoxy) is 2. The van der Waals surface area contributed by atoms with E-state index in [2.05, 4.69) is 10.5 Å². The lowest BCUT2D eigenvalue weighted by atomic mass is 10.1. The maximum Gasteiger partial charge on any atom is 0.347 e. The van der Waals surface area contributed by atoms with Crippen molar-refractivity contribution < 1.29 is 28.0 Å². The zero-order valence-electron chi connectivity index (χ0n) is 16.0. The van der Waals surface area contributed by atoms with Crippen molar-refractivity contribution in [3.8, 4) is 11.3 Å². The molecule has 1 aliphatic heterocycles. The van der Waals surface area contributed by atoms with Gasteiger partial charge < -0.3 is 19.3 Å². The zero-order chi connectivity index (χ0) is 21.1. The molecule has 0 atom stereocenters. The van der Waals surface area contributed by atoms with Crippen molar-refractivity contribution in [1.29, 1.82) is 0 Å². The van der Waals surface area contributed by atoms with Gasteiger partial charge in [-0.05, 0) is 43.3 Å². The predicted octanol–water partition coefficient (Wildman–Crippen LogP) is 3.76. The number of Topliss-reactive ketones (excluding diaryl/α,β-unsaturated/α-hetero) is 1. The molecule has 0 bridgehead atoms. The third-order valence-corrected chi connectivity index (χ3v) is 4.56. The first-order valence-electron chi connectivity index (χ1n) is 9.13. The Labute approximate surface area is 171 Å². The van der Waals surface area contributed by atoms with E-state index in [0.717, 1.165) is 0 Å². The monoisotopic (exact) mass is 408 g/mol. The number of benzene rings is 2. The van der Waals surface area contributed by atoms with Gasteiger partial charge in [-0.3, -0.25) is 4.79 Å². The second-order valence-electron chi connectivity index (χ2n) is 6.57. The molecule has 8 heteroatoms. The van der Waals surface area contributed by atoms with Gasteiger partial charge in [0.15, 0.2) is 17.9 Å². The van der Waals surface area contributed by atoms with Gasteiger partial charge in [-0.2, -0.15) is 0 Å². The molecule has 0 amide bonds. The van der Waals surface area contributed by atoms with Crippen LogP contribution in [0.2, 0.25) is 0 Å². The number of esters is 1. The summed E-state index contributed by atoms with van der Waals surface area (Å²) in [6, 6.07) is 14.8. The predicted molar refractivity (Wildman–Crippen MR) is 104 cm³/mol. The second-order valence-corrected chi connectivity index (χ2v) is 6.57. The Balaban J connectivity index is 1.48. The Hall–Kier alpha value is -3.94. The van der Waals surface area contributed by atoms with Crippen LogP contribution in [0, 0.1) is 12.7 Å². The lowest BCUT2D eigenvalue weighted by Gasteiger charge is -2.08. The average molecular weight is 408 g/mol. The van der Waals surface area contributed by atoms with Crippen molar-refractivity contribution in [1.82, 2.24) is 5.16 Å². The highest BCUT2D eigenvalue weighted by molar-refractivity contribution is 6.19. The van der Waals surface area contributed by atoms with Crippen LogP contribution >= 0.6 is 0 Å². The van der Waals surface area contributed by atoms with E-state index in [1.54, 1.807) is 31.2 Å². The van der Waals surface area contributed by atoms with E-state index in [1.807, 2.05) is 18.2 Å². The molecule has 30 heavy (non-hydrogen) atoms. The molecular weight excluding hydrogens is 391 g/mol. The van der Waals surface area contributed by atoms with Crippen molar-refractivity contribution in [2.45, 2.75) is 13.5 Å². The number of hydrogen-bond acceptors (Lipinski definition) is 7. The third kappa shape index (κ3) is 3.93. The summed E-state index contributed by atoms with van der Waals surface area (Å²) in [6.07, 6.45) is 0. The standard InChI is InChI=1S/C22H17FN2O5/c1-13-17(25-30-20(13)14-7-9-15(23)10-8-14)11-29-22(27)19-18(26)12-28-21(19)24-16-5-3-2-4-6-16/h2-10,24H,11-12H2,1H3. The van der Waals surface area contributed by atoms with Gasteiger partial charge in [0.1, 0.15) is 18.1 Å². The van der Waals surface area contributed by atoms with Crippen LogP contribution in [-0.2, 0) is 25.7 Å². The fraction of sp³-hybridized carbons (Fsp3) is 0.136. The number of anilines is 1. The molecule has 1 N–H and O–H groups in total. The van der Waals surface area contributed by atoms with Gasteiger partial charge >= 0.3 is 5.97 Å². The van der Waals surface area contributed by atoms with Crippen molar-refractivity contribution in [2.24, 2.45) is 0 Å². The van der Waals surface area contributed by atoms with Crippen LogP contribution in [0.3, 0.4) is 0 Å². The number of nitrogens with zero attached hydrogens (tertiary/aromatic N) is 1. The molecule has 1 aromatic heterocycles. The molecular formula is C22H17FN2O5. The molecule has 2 aromatic carbocycles. The third-order valence-electron chi connectivity index (χ3n) is 4.56. The molecule has 0 saturated carbocycles. The Morgan fingerprint density at radius 3 is 2.63 bits per heavy atom. The van der Waals surface area contributed by atoms with Crippen molar-refractivity contribution in [2.75, 3.05) is 11.9 Å². The van der Waals surface area contributed by atoms with Gasteiger partial charge in [0, 0.05) is 16.8 Å². The Bertz CT molecular complexity index is 1120. The summed E-state index contributed by atoms with van der Waals surface area (Å²) in [5, 5.41) is 6.84. The van der Waals surface area contributed by atoms with E-state index in [9.17, 15) is 14.0 Å². The summed E-state index contributed by atoms with van der Waals surface area (Å²) < 4.78 is 29.0. The van der Waals surface area contributed by atoms with Crippen LogP contribution in [0.5, 0.6) is 0 Å². The summed E-state index contributed by atoms with van der Waals surface area (Å²) in [6.45, 7) is 1.33. The summed E-state index contributed by atoms with van der Waals surface area (Å²) >= 11 is 0. The molecule has 0 unspecified atom stereocenters. The average Bonchev–Trinajstić information content (AvgIpc) is 3.30. The molecule has 4 rings (SSSR count). The molecule has 3 aromatic rings. The number of ketones is 1. The topological polar surface area (TPSA) is 90.7 Å². The first-order valence-corrected chi connectivity index (χ1v) is 9.13. The maximum atomic E-state index is 13.1. The molecule has 0 fully saturated rings. The molecule has 1 aliphatic rings. The van der Waals surface area contributed by atoms with Crippen molar-refractivity contribution >= 4 is 17.4 Å². The molecule has 152 valence electrons. The van der Waals surface area contributed by atoms with Crippen LogP contribution in [0.4, 0.5) is 10.1 Å². The van der Waals surface area contributed by atoms with Crippen LogP contribution in [0.1, 0.15) is 11.3 Å². The Kier molecular flexibility index (Phi) is 5.30. The van der Waals surface area contributed by atoms with Gasteiger partial charge in [-0.15, -0.1) is 0 Å². The molecule has 0 saturated heterocycles. The number of hydrogen-bond donors (Lipinski definition) is 1. The van der Waals surface area contributed by atoms with Crippen molar-refractivity contribution in [3.05, 3.63) is 83.1 Å². The highest BCUT2D eigenvalue weighted by Crippen LogP contribution is 2.27.